The van der Waals surface area contributed by atoms with E-state index in [0.29, 0.717) is 19.4 Å². The van der Waals surface area contributed by atoms with E-state index in [1.54, 1.807) is 0 Å². The molecule has 0 radical (unpaired) electrons. The Labute approximate surface area is 273 Å². The van der Waals surface area contributed by atoms with Gasteiger partial charge in [-0.2, -0.15) is 0 Å². The van der Waals surface area contributed by atoms with E-state index in [0.717, 1.165) is 104 Å². The largest absolute Gasteiger partial charge is 0.480 e. The number of ether oxygens (including phenoxy) is 3. The van der Waals surface area contributed by atoms with Crippen LogP contribution in [0.1, 0.15) is 39.0 Å². The average molecular weight is 638 g/mol. The molecule has 1 atom stereocenters. The maximum Gasteiger partial charge on any atom is 0.330 e. The number of carbonyl (C=O) groups excluding carboxylic acids is 2. The number of nitrogens with zero attached hydrogens (tertiary/aromatic N) is 6. The molecular weight excluding hydrogens is 574 g/mol. The van der Waals surface area contributed by atoms with Gasteiger partial charge in [0.25, 0.3) is 0 Å². The molecule has 2 rings (SSSR count). The molecule has 0 aromatic heterocycles. The first-order valence-corrected chi connectivity index (χ1v) is 16.9. The summed E-state index contributed by atoms with van der Waals surface area (Å²) in [5.74, 6) is -0.647. The van der Waals surface area contributed by atoms with Crippen molar-refractivity contribution in [1.82, 2.24) is 29.4 Å². The normalized spacial score (nSPS) is 18.6. The Morgan fingerprint density at radius 2 is 1.22 bits per heavy atom. The molecule has 0 aliphatic carbocycles. The second kappa shape index (κ2) is 21.7. The summed E-state index contributed by atoms with van der Waals surface area (Å²) in [7, 11) is 8.45. The van der Waals surface area contributed by atoms with Gasteiger partial charge in [0.05, 0.1) is 11.8 Å². The zero-order valence-corrected chi connectivity index (χ0v) is 29.1. The Morgan fingerprint density at radius 1 is 0.756 bits per heavy atom. The van der Waals surface area contributed by atoms with Crippen molar-refractivity contribution in [2.75, 3.05) is 140 Å². The zero-order chi connectivity index (χ0) is 33.1. The fraction of sp³-hybridized carbons (Fsp3) is 0.848. The van der Waals surface area contributed by atoms with Gasteiger partial charge in [0.1, 0.15) is 19.8 Å². The molecule has 2 aliphatic heterocycles. The molecule has 2 fully saturated rings. The van der Waals surface area contributed by atoms with Crippen LogP contribution < -0.4 is 0 Å². The minimum Gasteiger partial charge on any atom is -0.480 e. The lowest BCUT2D eigenvalue weighted by Crippen LogP contribution is -2.45. The minimum atomic E-state index is -0.747. The number of esters is 2. The van der Waals surface area contributed by atoms with Gasteiger partial charge in [0.15, 0.2) is 5.90 Å². The lowest BCUT2D eigenvalue weighted by atomic mass is 9.88. The molecule has 45 heavy (non-hydrogen) atoms. The van der Waals surface area contributed by atoms with Crippen molar-refractivity contribution in [3.63, 3.8) is 0 Å². The van der Waals surface area contributed by atoms with E-state index in [1.165, 1.54) is 0 Å². The molecule has 0 aromatic carbocycles. The van der Waals surface area contributed by atoms with Crippen molar-refractivity contribution in [3.05, 3.63) is 12.7 Å². The van der Waals surface area contributed by atoms with Crippen LogP contribution in [0.4, 0.5) is 0 Å². The molecule has 2 heterocycles. The van der Waals surface area contributed by atoms with Crippen molar-refractivity contribution in [2.24, 2.45) is 5.41 Å². The molecule has 1 N–H and O–H groups in total. The van der Waals surface area contributed by atoms with Crippen LogP contribution in [-0.2, 0) is 23.8 Å². The van der Waals surface area contributed by atoms with E-state index in [2.05, 4.69) is 57.1 Å². The maximum atomic E-state index is 12.7. The molecule has 0 amide bonds. The Hall–Kier alpha value is -2.09. The third kappa shape index (κ3) is 16.9. The molecule has 1 unspecified atom stereocenters. The Kier molecular flexibility index (Phi) is 18.8. The van der Waals surface area contributed by atoms with E-state index in [9.17, 15) is 9.59 Å². The van der Waals surface area contributed by atoms with Gasteiger partial charge in [-0.3, -0.25) is 10.2 Å². The van der Waals surface area contributed by atoms with Gasteiger partial charge < -0.3 is 43.6 Å². The highest BCUT2D eigenvalue weighted by Crippen LogP contribution is 2.25. The number of carbonyl (C=O) groups is 2. The molecule has 0 bridgehead atoms. The first-order valence-electron chi connectivity index (χ1n) is 16.9. The number of hydrogen-bond donors (Lipinski definition) is 1. The van der Waals surface area contributed by atoms with Crippen LogP contribution in [0.15, 0.2) is 12.7 Å². The van der Waals surface area contributed by atoms with Crippen LogP contribution in [0.3, 0.4) is 0 Å². The van der Waals surface area contributed by atoms with E-state index in [4.69, 9.17) is 19.6 Å². The van der Waals surface area contributed by atoms with Gasteiger partial charge in [-0.15, -0.1) is 0 Å². The first kappa shape index (κ1) is 39.1. The predicted molar refractivity (Wildman–Crippen MR) is 180 cm³/mol. The lowest BCUT2D eigenvalue weighted by Gasteiger charge is -2.32. The van der Waals surface area contributed by atoms with E-state index < -0.39 is 11.4 Å². The standard InChI is InChI=1S/C33H63N7O5/c1-7-31(41)44-28-33(8-2,27-43-30(34)11-17-35(3)13-9-15-39-23-19-37(5)20-24-39)29-45-32(42)12-18-36(4)14-10-16-40-25-21-38(6)22-26-40/h7,34H,1,8-29H2,2-6H3. The average Bonchev–Trinajstić information content (AvgIpc) is 3.04. The minimum absolute atomic E-state index is 0.0211. The van der Waals surface area contributed by atoms with Gasteiger partial charge in [-0.05, 0) is 73.6 Å². The summed E-state index contributed by atoms with van der Waals surface area (Å²) >= 11 is 0. The Morgan fingerprint density at radius 3 is 1.71 bits per heavy atom. The van der Waals surface area contributed by atoms with Crippen molar-refractivity contribution < 1.29 is 23.8 Å². The van der Waals surface area contributed by atoms with Crippen LogP contribution in [0.25, 0.3) is 0 Å². The van der Waals surface area contributed by atoms with Gasteiger partial charge in [0, 0.05) is 77.9 Å². The summed E-state index contributed by atoms with van der Waals surface area (Å²) in [6.45, 7) is 20.0. The quantitative estimate of drug-likeness (QED) is 0.0810. The molecule has 0 saturated carbocycles. The molecule has 260 valence electrons. The fourth-order valence-electron chi connectivity index (χ4n) is 5.40. The predicted octanol–water partition coefficient (Wildman–Crippen LogP) is 1.57. The smallest absolute Gasteiger partial charge is 0.330 e. The summed E-state index contributed by atoms with van der Waals surface area (Å²) in [6, 6.07) is 0. The third-order valence-electron chi connectivity index (χ3n) is 9.17. The summed E-state index contributed by atoms with van der Waals surface area (Å²) in [4.78, 5) is 38.7. The van der Waals surface area contributed by atoms with Crippen LogP contribution >= 0.6 is 0 Å². The van der Waals surface area contributed by atoms with Gasteiger partial charge in [-0.25, -0.2) is 4.79 Å². The van der Waals surface area contributed by atoms with Crippen molar-refractivity contribution in [3.8, 4) is 0 Å². The van der Waals surface area contributed by atoms with Crippen LogP contribution in [0, 0.1) is 10.8 Å². The highest BCUT2D eigenvalue weighted by atomic mass is 16.6. The number of likely N-dealkylation sites (N-methyl/N-ethyl adjacent to an activating group) is 2. The van der Waals surface area contributed by atoms with Crippen LogP contribution in [0.5, 0.6) is 0 Å². The first-order chi connectivity index (χ1) is 21.5. The van der Waals surface area contributed by atoms with Crippen molar-refractivity contribution >= 4 is 17.8 Å². The van der Waals surface area contributed by atoms with E-state index in [1.807, 2.05) is 14.0 Å². The number of piperazine rings is 2. The molecule has 0 spiro atoms. The number of nitrogens with one attached hydrogen (secondary N) is 1. The van der Waals surface area contributed by atoms with E-state index >= 15 is 0 Å². The van der Waals surface area contributed by atoms with Gasteiger partial charge in [0.2, 0.25) is 0 Å². The van der Waals surface area contributed by atoms with Crippen molar-refractivity contribution in [2.45, 2.75) is 39.0 Å². The second-order valence-electron chi connectivity index (χ2n) is 13.1. The molecule has 2 aliphatic rings. The summed E-state index contributed by atoms with van der Waals surface area (Å²) < 4.78 is 17.0. The summed E-state index contributed by atoms with van der Waals surface area (Å²) in [5.41, 5.74) is -0.747. The number of hydrogen-bond acceptors (Lipinski definition) is 12. The molecule has 2 saturated heterocycles. The Bertz CT molecular complexity index is 822. The Balaban J connectivity index is 1.71. The fourth-order valence-corrected chi connectivity index (χ4v) is 5.40. The lowest BCUT2D eigenvalue weighted by molar-refractivity contribution is -0.154. The van der Waals surface area contributed by atoms with E-state index in [-0.39, 0.29) is 38.1 Å². The summed E-state index contributed by atoms with van der Waals surface area (Å²) in [6.07, 6.45) is 4.61. The van der Waals surface area contributed by atoms with Gasteiger partial charge in [-0.1, -0.05) is 13.5 Å². The summed E-state index contributed by atoms with van der Waals surface area (Å²) in [5, 5.41) is 8.40. The monoisotopic (exact) mass is 637 g/mol. The molecule has 12 heteroatoms. The third-order valence-corrected chi connectivity index (χ3v) is 9.17. The zero-order valence-electron chi connectivity index (χ0n) is 29.1. The SMILES string of the molecule is C=CC(=O)OCC(CC)(COC(=N)CCN(C)CCCN1CCN(C)CC1)COC(=O)CCN(C)CCCN1CCN(C)CC1. The topological polar surface area (TPSA) is 105 Å². The van der Waals surface area contributed by atoms with Crippen LogP contribution in [-0.4, -0.2) is 187 Å². The second-order valence-corrected chi connectivity index (χ2v) is 13.1. The number of rotatable bonds is 22. The van der Waals surface area contributed by atoms with Crippen molar-refractivity contribution in [1.29, 1.82) is 5.41 Å². The molecule has 12 nitrogen and oxygen atoms in total. The highest BCUT2D eigenvalue weighted by Gasteiger charge is 2.34. The van der Waals surface area contributed by atoms with Gasteiger partial charge >= 0.3 is 11.9 Å². The molecular formula is C33H63N7O5. The van der Waals surface area contributed by atoms with Crippen LogP contribution in [0.2, 0.25) is 0 Å². The maximum absolute atomic E-state index is 12.7. The molecule has 0 aromatic rings. The highest BCUT2D eigenvalue weighted by molar-refractivity contribution is 5.81.